The summed E-state index contributed by atoms with van der Waals surface area (Å²) < 4.78 is 0. The Labute approximate surface area is 62.5 Å². The maximum atomic E-state index is 7.57. The fourth-order valence-electron chi connectivity index (χ4n) is 1.66. The lowest BCUT2D eigenvalue weighted by Gasteiger charge is -2.29. The Morgan fingerprint density at radius 3 is 2.80 bits per heavy atom. The molecule has 1 heterocycles. The van der Waals surface area contributed by atoms with Crippen molar-refractivity contribution < 1.29 is 0 Å². The predicted octanol–water partition coefficient (Wildman–Crippen LogP) is 1.62. The first-order valence-electron chi connectivity index (χ1n) is 4.08. The quantitative estimate of drug-likeness (QED) is 0.570. The van der Waals surface area contributed by atoms with Crippen LogP contribution in [0, 0.1) is 17.2 Å². The molecule has 58 valence electrons. The summed E-state index contributed by atoms with van der Waals surface area (Å²) in [6, 6.07) is 0. The van der Waals surface area contributed by atoms with E-state index in [-0.39, 0.29) is 0 Å². The van der Waals surface area contributed by atoms with E-state index in [1.165, 1.54) is 6.42 Å². The standard InChI is InChI=1S/C8H16N2/c1-3-7-6(2)4-5-10-8(7)9/h6-7H,3-5H2,1-2H3,(H2,9,10). The molecule has 0 aromatic heterocycles. The zero-order valence-corrected chi connectivity index (χ0v) is 6.78. The van der Waals surface area contributed by atoms with Crippen LogP contribution in [0.15, 0.2) is 0 Å². The first kappa shape index (κ1) is 7.58. The summed E-state index contributed by atoms with van der Waals surface area (Å²) in [5.74, 6) is 1.95. The van der Waals surface area contributed by atoms with Gasteiger partial charge in [-0.2, -0.15) is 0 Å². The number of nitrogens with one attached hydrogen (secondary N) is 2. The van der Waals surface area contributed by atoms with Crippen LogP contribution in [0.5, 0.6) is 0 Å². The van der Waals surface area contributed by atoms with E-state index in [2.05, 4.69) is 19.2 Å². The Bertz CT molecular complexity index is 131. The fraction of sp³-hybridized carbons (Fsp3) is 0.875. The number of amidine groups is 1. The van der Waals surface area contributed by atoms with E-state index in [1.807, 2.05) is 0 Å². The smallest absolute Gasteiger partial charge is 0.0965 e. The Balaban J connectivity index is 2.53. The monoisotopic (exact) mass is 140 g/mol. The number of rotatable bonds is 1. The Kier molecular flexibility index (Phi) is 2.30. The maximum absolute atomic E-state index is 7.57. The summed E-state index contributed by atoms with van der Waals surface area (Å²) in [6.45, 7) is 5.39. The van der Waals surface area contributed by atoms with Crippen molar-refractivity contribution in [1.82, 2.24) is 5.32 Å². The van der Waals surface area contributed by atoms with Crippen molar-refractivity contribution in [3.63, 3.8) is 0 Å². The molecule has 1 aliphatic rings. The van der Waals surface area contributed by atoms with Crippen LogP contribution in [-0.4, -0.2) is 12.4 Å². The topological polar surface area (TPSA) is 35.9 Å². The molecule has 0 radical (unpaired) electrons. The van der Waals surface area contributed by atoms with Gasteiger partial charge in [-0.1, -0.05) is 13.8 Å². The highest BCUT2D eigenvalue weighted by molar-refractivity contribution is 5.82. The second kappa shape index (κ2) is 3.04. The van der Waals surface area contributed by atoms with Gasteiger partial charge in [0.2, 0.25) is 0 Å². The van der Waals surface area contributed by atoms with E-state index >= 15 is 0 Å². The molecule has 0 amide bonds. The lowest BCUT2D eigenvalue weighted by molar-refractivity contribution is 0.373. The number of hydrogen-bond donors (Lipinski definition) is 2. The summed E-state index contributed by atoms with van der Waals surface area (Å²) in [5, 5.41) is 10.7. The molecule has 2 nitrogen and oxygen atoms in total. The molecule has 2 atom stereocenters. The van der Waals surface area contributed by atoms with Gasteiger partial charge in [-0.25, -0.2) is 0 Å². The van der Waals surface area contributed by atoms with Crippen molar-refractivity contribution >= 4 is 5.84 Å². The fourth-order valence-corrected chi connectivity index (χ4v) is 1.66. The highest BCUT2D eigenvalue weighted by Gasteiger charge is 2.23. The van der Waals surface area contributed by atoms with E-state index in [9.17, 15) is 0 Å². The summed E-state index contributed by atoms with van der Waals surface area (Å²) in [5.41, 5.74) is 0. The van der Waals surface area contributed by atoms with Gasteiger partial charge in [0.25, 0.3) is 0 Å². The second-order valence-electron chi connectivity index (χ2n) is 3.12. The van der Waals surface area contributed by atoms with Crippen molar-refractivity contribution in [2.45, 2.75) is 26.7 Å². The van der Waals surface area contributed by atoms with Gasteiger partial charge in [-0.15, -0.1) is 0 Å². The molecular formula is C8H16N2. The normalized spacial score (nSPS) is 33.6. The number of hydrogen-bond acceptors (Lipinski definition) is 1. The Morgan fingerprint density at radius 1 is 1.70 bits per heavy atom. The third-order valence-electron chi connectivity index (χ3n) is 2.41. The summed E-state index contributed by atoms with van der Waals surface area (Å²) in [6.07, 6.45) is 2.33. The van der Waals surface area contributed by atoms with Gasteiger partial charge < -0.3 is 5.32 Å². The third kappa shape index (κ3) is 1.31. The van der Waals surface area contributed by atoms with Gasteiger partial charge in [0.05, 0.1) is 5.84 Å². The first-order chi connectivity index (χ1) is 4.75. The van der Waals surface area contributed by atoms with E-state index in [4.69, 9.17) is 5.41 Å². The molecule has 0 aromatic carbocycles. The summed E-state index contributed by atoms with van der Waals surface area (Å²) in [7, 11) is 0. The minimum atomic E-state index is 0.494. The molecule has 0 aromatic rings. The zero-order chi connectivity index (χ0) is 7.56. The molecule has 2 heteroatoms. The number of piperidine rings is 1. The minimum absolute atomic E-state index is 0.494. The largest absolute Gasteiger partial charge is 0.374 e. The molecule has 0 spiro atoms. The van der Waals surface area contributed by atoms with E-state index in [1.54, 1.807) is 0 Å². The van der Waals surface area contributed by atoms with Gasteiger partial charge in [0.15, 0.2) is 0 Å². The van der Waals surface area contributed by atoms with Gasteiger partial charge >= 0.3 is 0 Å². The molecule has 1 fully saturated rings. The Morgan fingerprint density at radius 2 is 2.40 bits per heavy atom. The van der Waals surface area contributed by atoms with Crippen LogP contribution in [-0.2, 0) is 0 Å². The van der Waals surface area contributed by atoms with Gasteiger partial charge in [0, 0.05) is 12.5 Å². The van der Waals surface area contributed by atoms with Gasteiger partial charge in [-0.3, -0.25) is 5.41 Å². The lowest BCUT2D eigenvalue weighted by atomic mass is 9.85. The molecule has 0 saturated carbocycles. The lowest BCUT2D eigenvalue weighted by Crippen LogP contribution is -2.40. The highest BCUT2D eigenvalue weighted by Crippen LogP contribution is 2.21. The van der Waals surface area contributed by atoms with Crippen LogP contribution in [0.4, 0.5) is 0 Å². The van der Waals surface area contributed by atoms with Gasteiger partial charge in [0.1, 0.15) is 0 Å². The van der Waals surface area contributed by atoms with Crippen molar-refractivity contribution in [1.29, 1.82) is 5.41 Å². The Hall–Kier alpha value is -0.530. The molecule has 2 unspecified atom stereocenters. The predicted molar refractivity (Wildman–Crippen MR) is 43.3 cm³/mol. The second-order valence-corrected chi connectivity index (χ2v) is 3.12. The van der Waals surface area contributed by atoms with Crippen molar-refractivity contribution in [3.8, 4) is 0 Å². The van der Waals surface area contributed by atoms with Crippen LogP contribution < -0.4 is 5.32 Å². The summed E-state index contributed by atoms with van der Waals surface area (Å²) in [4.78, 5) is 0. The average molecular weight is 140 g/mol. The van der Waals surface area contributed by atoms with Crippen LogP contribution in [0.25, 0.3) is 0 Å². The molecule has 0 bridgehead atoms. The zero-order valence-electron chi connectivity index (χ0n) is 6.78. The molecule has 10 heavy (non-hydrogen) atoms. The van der Waals surface area contributed by atoms with Gasteiger partial charge in [-0.05, 0) is 18.8 Å². The van der Waals surface area contributed by atoms with Crippen LogP contribution in [0.1, 0.15) is 26.7 Å². The van der Waals surface area contributed by atoms with E-state index in [0.29, 0.717) is 11.8 Å². The van der Waals surface area contributed by atoms with Crippen molar-refractivity contribution in [3.05, 3.63) is 0 Å². The third-order valence-corrected chi connectivity index (χ3v) is 2.41. The van der Waals surface area contributed by atoms with E-state index in [0.717, 1.165) is 18.8 Å². The molecule has 0 aliphatic carbocycles. The van der Waals surface area contributed by atoms with Crippen molar-refractivity contribution in [2.75, 3.05) is 6.54 Å². The maximum Gasteiger partial charge on any atom is 0.0965 e. The molecular weight excluding hydrogens is 124 g/mol. The minimum Gasteiger partial charge on any atom is -0.374 e. The average Bonchev–Trinajstić information content (AvgIpc) is 1.88. The molecule has 1 aliphatic heterocycles. The highest BCUT2D eigenvalue weighted by atomic mass is 15.0. The SMILES string of the molecule is CCC1C(=N)NCCC1C. The summed E-state index contributed by atoms with van der Waals surface area (Å²) >= 11 is 0. The van der Waals surface area contributed by atoms with Crippen molar-refractivity contribution in [2.24, 2.45) is 11.8 Å². The molecule has 1 saturated heterocycles. The van der Waals surface area contributed by atoms with Crippen LogP contribution >= 0.6 is 0 Å². The van der Waals surface area contributed by atoms with E-state index < -0.39 is 0 Å². The van der Waals surface area contributed by atoms with Crippen LogP contribution in [0.2, 0.25) is 0 Å². The molecule has 2 N–H and O–H groups in total. The van der Waals surface area contributed by atoms with Crippen LogP contribution in [0.3, 0.4) is 0 Å². The molecule has 1 rings (SSSR count). The first-order valence-corrected chi connectivity index (χ1v) is 4.08.